The Morgan fingerprint density at radius 1 is 1.33 bits per heavy atom. The zero-order valence-electron chi connectivity index (χ0n) is 9.86. The van der Waals surface area contributed by atoms with Crippen molar-refractivity contribution in [3.05, 3.63) is 45.5 Å². The average molecular weight is 286 g/mol. The van der Waals surface area contributed by atoms with E-state index in [0.717, 1.165) is 12.8 Å². The van der Waals surface area contributed by atoms with Gasteiger partial charge in [-0.3, -0.25) is 0 Å². The minimum Gasteiger partial charge on any atom is -0.339 e. The molecule has 96 valence electrons. The van der Waals surface area contributed by atoms with Crippen LogP contribution in [0.2, 0.25) is 10.0 Å². The molecule has 0 aliphatic heterocycles. The molecule has 6 heteroatoms. The van der Waals surface area contributed by atoms with Crippen molar-refractivity contribution < 1.29 is 4.52 Å². The average Bonchev–Trinajstić information content (AvgIpc) is 2.78. The summed E-state index contributed by atoms with van der Waals surface area (Å²) in [6, 6.07) is 4.64. The van der Waals surface area contributed by atoms with Crippen LogP contribution in [0.3, 0.4) is 0 Å². The van der Waals surface area contributed by atoms with E-state index < -0.39 is 6.04 Å². The van der Waals surface area contributed by atoms with Crippen LogP contribution in [0.25, 0.3) is 0 Å². The van der Waals surface area contributed by atoms with Gasteiger partial charge in [0.25, 0.3) is 0 Å². The topological polar surface area (TPSA) is 64.9 Å². The normalized spacial score (nSPS) is 12.7. The fourth-order valence-electron chi connectivity index (χ4n) is 1.65. The first-order valence-electron chi connectivity index (χ1n) is 5.65. The summed E-state index contributed by atoms with van der Waals surface area (Å²) in [5.41, 5.74) is 6.69. The molecule has 2 N–H and O–H groups in total. The minimum absolute atomic E-state index is 0.397. The van der Waals surface area contributed by atoms with Crippen molar-refractivity contribution in [3.8, 4) is 0 Å². The van der Waals surface area contributed by atoms with Crippen LogP contribution >= 0.6 is 23.2 Å². The van der Waals surface area contributed by atoms with Gasteiger partial charge in [0, 0.05) is 22.0 Å². The number of nitrogens with two attached hydrogens (primary N) is 1. The van der Waals surface area contributed by atoms with Gasteiger partial charge < -0.3 is 10.3 Å². The maximum absolute atomic E-state index is 6.09. The SMILES string of the molecule is CCCc1nc(C(N)c2c(Cl)cccc2Cl)no1. The monoisotopic (exact) mass is 285 g/mol. The first kappa shape index (κ1) is 13.3. The van der Waals surface area contributed by atoms with Gasteiger partial charge in [0.2, 0.25) is 5.89 Å². The van der Waals surface area contributed by atoms with E-state index in [1.165, 1.54) is 0 Å². The molecule has 0 aliphatic carbocycles. The van der Waals surface area contributed by atoms with Gasteiger partial charge in [-0.2, -0.15) is 4.98 Å². The summed E-state index contributed by atoms with van der Waals surface area (Å²) < 4.78 is 5.10. The zero-order chi connectivity index (χ0) is 13.1. The van der Waals surface area contributed by atoms with Gasteiger partial charge in [-0.05, 0) is 18.6 Å². The molecule has 2 aromatic rings. The van der Waals surface area contributed by atoms with Crippen LogP contribution in [0.1, 0.15) is 36.7 Å². The lowest BCUT2D eigenvalue weighted by atomic mass is 10.1. The van der Waals surface area contributed by atoms with Gasteiger partial charge in [0.15, 0.2) is 5.82 Å². The fourth-order valence-corrected chi connectivity index (χ4v) is 2.28. The van der Waals surface area contributed by atoms with E-state index >= 15 is 0 Å². The lowest BCUT2D eigenvalue weighted by Gasteiger charge is -2.11. The Morgan fingerprint density at radius 3 is 2.61 bits per heavy atom. The van der Waals surface area contributed by atoms with E-state index in [-0.39, 0.29) is 0 Å². The first-order chi connectivity index (χ1) is 8.63. The molecule has 2 rings (SSSR count). The van der Waals surface area contributed by atoms with Gasteiger partial charge in [-0.1, -0.05) is 41.3 Å². The van der Waals surface area contributed by atoms with E-state index in [0.29, 0.717) is 27.3 Å². The second kappa shape index (κ2) is 5.69. The molecule has 0 amide bonds. The highest BCUT2D eigenvalue weighted by atomic mass is 35.5. The highest BCUT2D eigenvalue weighted by Crippen LogP contribution is 2.31. The molecule has 0 fully saturated rings. The third-order valence-electron chi connectivity index (χ3n) is 2.54. The summed E-state index contributed by atoms with van der Waals surface area (Å²) in [5.74, 6) is 0.972. The van der Waals surface area contributed by atoms with Crippen LogP contribution in [0.15, 0.2) is 22.7 Å². The quantitative estimate of drug-likeness (QED) is 0.935. The van der Waals surface area contributed by atoms with E-state index in [9.17, 15) is 0 Å². The Hall–Kier alpha value is -1.10. The maximum atomic E-state index is 6.09. The van der Waals surface area contributed by atoms with Crippen molar-refractivity contribution in [1.29, 1.82) is 0 Å². The third-order valence-corrected chi connectivity index (χ3v) is 3.20. The van der Waals surface area contributed by atoms with Crippen LogP contribution in [0.4, 0.5) is 0 Å². The van der Waals surface area contributed by atoms with Gasteiger partial charge >= 0.3 is 0 Å². The van der Waals surface area contributed by atoms with Gasteiger partial charge in [-0.15, -0.1) is 0 Å². The van der Waals surface area contributed by atoms with Crippen molar-refractivity contribution in [2.24, 2.45) is 5.73 Å². The molecule has 0 aliphatic rings. The molecule has 1 atom stereocenters. The van der Waals surface area contributed by atoms with Gasteiger partial charge in [0.1, 0.15) is 0 Å². The van der Waals surface area contributed by atoms with Crippen LogP contribution in [0.5, 0.6) is 0 Å². The molecular formula is C12H13Cl2N3O. The fraction of sp³-hybridized carbons (Fsp3) is 0.333. The Labute approximate surface area is 115 Å². The molecule has 1 heterocycles. The first-order valence-corrected chi connectivity index (χ1v) is 6.41. The number of rotatable bonds is 4. The van der Waals surface area contributed by atoms with Crippen molar-refractivity contribution in [2.45, 2.75) is 25.8 Å². The molecule has 4 nitrogen and oxygen atoms in total. The Kier molecular flexibility index (Phi) is 4.22. The minimum atomic E-state index is -0.583. The molecule has 0 radical (unpaired) electrons. The van der Waals surface area contributed by atoms with Crippen molar-refractivity contribution in [1.82, 2.24) is 10.1 Å². The highest BCUT2D eigenvalue weighted by molar-refractivity contribution is 6.36. The Morgan fingerprint density at radius 2 is 2.00 bits per heavy atom. The number of hydrogen-bond donors (Lipinski definition) is 1. The molecular weight excluding hydrogens is 273 g/mol. The van der Waals surface area contributed by atoms with Crippen LogP contribution in [-0.2, 0) is 6.42 Å². The number of benzene rings is 1. The predicted molar refractivity (Wildman–Crippen MR) is 70.8 cm³/mol. The maximum Gasteiger partial charge on any atom is 0.226 e. The van der Waals surface area contributed by atoms with Crippen LogP contribution in [-0.4, -0.2) is 10.1 Å². The number of aryl methyl sites for hydroxylation is 1. The number of aromatic nitrogens is 2. The lowest BCUT2D eigenvalue weighted by Crippen LogP contribution is -2.14. The number of nitrogens with zero attached hydrogens (tertiary/aromatic N) is 2. The molecule has 18 heavy (non-hydrogen) atoms. The van der Waals surface area contributed by atoms with E-state index in [1.807, 2.05) is 6.92 Å². The summed E-state index contributed by atoms with van der Waals surface area (Å²) in [5, 5.41) is 4.86. The second-order valence-corrected chi connectivity index (χ2v) is 4.72. The summed E-state index contributed by atoms with van der Waals surface area (Å²) in [7, 11) is 0. The highest BCUT2D eigenvalue weighted by Gasteiger charge is 2.20. The van der Waals surface area contributed by atoms with Crippen molar-refractivity contribution in [2.75, 3.05) is 0 Å². The molecule has 1 aromatic heterocycles. The molecule has 1 unspecified atom stereocenters. The Balaban J connectivity index is 2.32. The van der Waals surface area contributed by atoms with Crippen molar-refractivity contribution in [3.63, 3.8) is 0 Å². The van der Waals surface area contributed by atoms with Crippen LogP contribution < -0.4 is 5.73 Å². The van der Waals surface area contributed by atoms with Crippen LogP contribution in [0, 0.1) is 0 Å². The second-order valence-electron chi connectivity index (χ2n) is 3.91. The predicted octanol–water partition coefficient (Wildman–Crippen LogP) is 3.38. The van der Waals surface area contributed by atoms with Gasteiger partial charge in [-0.25, -0.2) is 0 Å². The lowest BCUT2D eigenvalue weighted by molar-refractivity contribution is 0.370. The molecule has 0 saturated heterocycles. The molecule has 1 aromatic carbocycles. The molecule has 0 bridgehead atoms. The third kappa shape index (κ3) is 2.66. The summed E-state index contributed by atoms with van der Waals surface area (Å²) in [6.07, 6.45) is 1.67. The smallest absolute Gasteiger partial charge is 0.226 e. The van der Waals surface area contributed by atoms with E-state index in [1.54, 1.807) is 18.2 Å². The summed E-state index contributed by atoms with van der Waals surface area (Å²) >= 11 is 12.2. The van der Waals surface area contributed by atoms with Gasteiger partial charge in [0.05, 0.1) is 6.04 Å². The largest absolute Gasteiger partial charge is 0.339 e. The molecule has 0 saturated carbocycles. The number of hydrogen-bond acceptors (Lipinski definition) is 4. The van der Waals surface area contributed by atoms with Crippen molar-refractivity contribution >= 4 is 23.2 Å². The number of halogens is 2. The van der Waals surface area contributed by atoms with E-state index in [4.69, 9.17) is 33.5 Å². The summed E-state index contributed by atoms with van der Waals surface area (Å²) in [6.45, 7) is 2.04. The Bertz CT molecular complexity index is 522. The zero-order valence-corrected chi connectivity index (χ0v) is 11.4. The molecule has 0 spiro atoms. The van der Waals surface area contributed by atoms with E-state index in [2.05, 4.69) is 10.1 Å². The summed E-state index contributed by atoms with van der Waals surface area (Å²) in [4.78, 5) is 4.24. The standard InChI is InChI=1S/C12H13Cl2N3O/c1-2-4-9-16-12(17-18-9)11(15)10-7(13)5-3-6-8(10)14/h3,5-6,11H,2,4,15H2,1H3.